The van der Waals surface area contributed by atoms with E-state index in [1.807, 2.05) is 48.7 Å². The summed E-state index contributed by atoms with van der Waals surface area (Å²) in [6.45, 7) is 2.07. The van der Waals surface area contributed by atoms with Gasteiger partial charge in [0, 0.05) is 21.4 Å². The Hall–Kier alpha value is -2.83. The summed E-state index contributed by atoms with van der Waals surface area (Å²) in [5.74, 6) is 0.215. The van der Waals surface area contributed by atoms with Crippen molar-refractivity contribution >= 4 is 39.3 Å². The third-order valence-electron chi connectivity index (χ3n) is 4.55. The highest BCUT2D eigenvalue weighted by molar-refractivity contribution is 9.10. The van der Waals surface area contributed by atoms with Crippen molar-refractivity contribution in [1.82, 2.24) is 9.55 Å². The van der Waals surface area contributed by atoms with E-state index in [-0.39, 0.29) is 11.7 Å². The number of aryl methyl sites for hydroxylation is 1. The summed E-state index contributed by atoms with van der Waals surface area (Å²) in [5, 5.41) is 3.70. The second kappa shape index (κ2) is 9.32. The summed E-state index contributed by atoms with van der Waals surface area (Å²) in [7, 11) is 0. The van der Waals surface area contributed by atoms with E-state index < -0.39 is 0 Å². The van der Waals surface area contributed by atoms with Gasteiger partial charge in [-0.3, -0.25) is 9.36 Å². The summed E-state index contributed by atoms with van der Waals surface area (Å²) in [6.07, 6.45) is 1.86. The smallest absolute Gasteiger partial charge is 0.234 e. The first-order valence-corrected chi connectivity index (χ1v) is 11.3. The molecule has 0 spiro atoms. The van der Waals surface area contributed by atoms with Crippen LogP contribution >= 0.6 is 27.7 Å². The number of rotatable bonds is 6. The van der Waals surface area contributed by atoms with E-state index in [9.17, 15) is 4.79 Å². The maximum absolute atomic E-state index is 12.4. The number of imidazole rings is 1. The minimum Gasteiger partial charge on any atom is -0.325 e. The van der Waals surface area contributed by atoms with Gasteiger partial charge in [0.05, 0.1) is 17.6 Å². The molecule has 0 unspecified atom stereocenters. The van der Waals surface area contributed by atoms with E-state index in [0.29, 0.717) is 0 Å². The molecule has 0 saturated carbocycles. The SMILES string of the molecule is Cc1ccc(-n2c(-c3ccc(Br)cc3)cnc2SCC(=O)Nc2ccccc2)cc1. The van der Waals surface area contributed by atoms with Gasteiger partial charge < -0.3 is 5.32 Å². The number of nitrogens with zero attached hydrogens (tertiary/aromatic N) is 2. The van der Waals surface area contributed by atoms with E-state index >= 15 is 0 Å². The number of carbonyl (C=O) groups excluding carboxylic acids is 1. The van der Waals surface area contributed by atoms with Crippen molar-refractivity contribution in [2.24, 2.45) is 0 Å². The number of aromatic nitrogens is 2. The Labute approximate surface area is 188 Å². The number of hydrogen-bond donors (Lipinski definition) is 1. The van der Waals surface area contributed by atoms with Crippen molar-refractivity contribution in [2.75, 3.05) is 11.1 Å². The molecule has 3 aromatic carbocycles. The molecule has 150 valence electrons. The number of benzene rings is 3. The van der Waals surface area contributed by atoms with Gasteiger partial charge in [0.2, 0.25) is 5.91 Å². The van der Waals surface area contributed by atoms with Gasteiger partial charge in [-0.05, 0) is 43.3 Å². The minimum absolute atomic E-state index is 0.0603. The molecule has 1 heterocycles. The fourth-order valence-electron chi connectivity index (χ4n) is 3.05. The van der Waals surface area contributed by atoms with Crippen molar-refractivity contribution in [3.63, 3.8) is 0 Å². The van der Waals surface area contributed by atoms with Crippen LogP contribution in [-0.4, -0.2) is 21.2 Å². The fourth-order valence-corrected chi connectivity index (χ4v) is 4.11. The first kappa shape index (κ1) is 20.4. The average Bonchev–Trinajstić information content (AvgIpc) is 3.18. The van der Waals surface area contributed by atoms with Gasteiger partial charge in [0.25, 0.3) is 0 Å². The van der Waals surface area contributed by atoms with Crippen LogP contribution in [0.25, 0.3) is 16.9 Å². The normalized spacial score (nSPS) is 10.7. The molecule has 0 aliphatic carbocycles. The third-order valence-corrected chi connectivity index (χ3v) is 6.03. The molecule has 6 heteroatoms. The van der Waals surface area contributed by atoms with Crippen molar-refractivity contribution in [1.29, 1.82) is 0 Å². The fraction of sp³-hybridized carbons (Fsp3) is 0.0833. The predicted octanol–water partition coefficient (Wildman–Crippen LogP) is 6.34. The number of amides is 1. The molecular formula is C24H20BrN3OS. The number of anilines is 1. The van der Waals surface area contributed by atoms with Crippen LogP contribution in [0.15, 0.2) is 94.7 Å². The van der Waals surface area contributed by atoms with Crippen LogP contribution in [0, 0.1) is 6.92 Å². The van der Waals surface area contributed by atoms with Crippen LogP contribution in [0.4, 0.5) is 5.69 Å². The van der Waals surface area contributed by atoms with Gasteiger partial charge >= 0.3 is 0 Å². The standard InChI is InChI=1S/C24H20BrN3OS/c1-17-7-13-21(14-8-17)28-22(18-9-11-19(25)12-10-18)15-26-24(28)30-16-23(29)27-20-5-3-2-4-6-20/h2-15H,16H2,1H3,(H,27,29). The second-order valence-corrected chi connectivity index (χ2v) is 8.66. The van der Waals surface area contributed by atoms with Crippen LogP contribution in [-0.2, 0) is 4.79 Å². The summed E-state index contributed by atoms with van der Waals surface area (Å²) in [5.41, 5.74) is 5.05. The summed E-state index contributed by atoms with van der Waals surface area (Å²) in [4.78, 5) is 17.0. The molecule has 1 aromatic heterocycles. The number of thioether (sulfide) groups is 1. The highest BCUT2D eigenvalue weighted by atomic mass is 79.9. The molecule has 0 radical (unpaired) electrons. The Morgan fingerprint density at radius 1 is 1.00 bits per heavy atom. The number of hydrogen-bond acceptors (Lipinski definition) is 3. The van der Waals surface area contributed by atoms with Crippen molar-refractivity contribution in [2.45, 2.75) is 12.1 Å². The zero-order valence-corrected chi connectivity index (χ0v) is 18.8. The van der Waals surface area contributed by atoms with Crippen molar-refractivity contribution < 1.29 is 4.79 Å². The predicted molar refractivity (Wildman–Crippen MR) is 127 cm³/mol. The highest BCUT2D eigenvalue weighted by Gasteiger charge is 2.15. The Balaban J connectivity index is 1.61. The first-order valence-electron chi connectivity index (χ1n) is 9.48. The Morgan fingerprint density at radius 3 is 2.40 bits per heavy atom. The highest BCUT2D eigenvalue weighted by Crippen LogP contribution is 2.30. The maximum atomic E-state index is 12.4. The molecule has 0 bridgehead atoms. The molecular weight excluding hydrogens is 458 g/mol. The zero-order valence-electron chi connectivity index (χ0n) is 16.4. The van der Waals surface area contributed by atoms with E-state index in [1.54, 1.807) is 0 Å². The van der Waals surface area contributed by atoms with Crippen LogP contribution in [0.1, 0.15) is 5.56 Å². The van der Waals surface area contributed by atoms with Gasteiger partial charge in [0.1, 0.15) is 0 Å². The lowest BCUT2D eigenvalue weighted by atomic mass is 10.1. The summed E-state index contributed by atoms with van der Waals surface area (Å²) in [6, 6.07) is 25.9. The molecule has 1 N–H and O–H groups in total. The van der Waals surface area contributed by atoms with Crippen LogP contribution in [0.2, 0.25) is 0 Å². The van der Waals surface area contributed by atoms with Gasteiger partial charge in [0.15, 0.2) is 5.16 Å². The van der Waals surface area contributed by atoms with Crippen molar-refractivity contribution in [3.8, 4) is 16.9 Å². The van der Waals surface area contributed by atoms with Crippen LogP contribution < -0.4 is 5.32 Å². The first-order chi connectivity index (χ1) is 14.6. The third kappa shape index (κ3) is 4.83. The molecule has 0 aliphatic rings. The van der Waals surface area contributed by atoms with E-state index in [2.05, 4.69) is 74.1 Å². The Kier molecular flexibility index (Phi) is 6.35. The average molecular weight is 478 g/mol. The van der Waals surface area contributed by atoms with Crippen LogP contribution in [0.5, 0.6) is 0 Å². The number of para-hydroxylation sites is 1. The second-order valence-electron chi connectivity index (χ2n) is 6.81. The van der Waals surface area contributed by atoms with Gasteiger partial charge in [-0.15, -0.1) is 0 Å². The van der Waals surface area contributed by atoms with Crippen molar-refractivity contribution in [3.05, 3.63) is 95.1 Å². The monoisotopic (exact) mass is 477 g/mol. The molecule has 0 saturated heterocycles. The number of halogens is 1. The molecule has 0 aliphatic heterocycles. The van der Waals surface area contributed by atoms with Gasteiger partial charge in [-0.25, -0.2) is 4.98 Å². The maximum Gasteiger partial charge on any atom is 0.234 e. The lowest BCUT2D eigenvalue weighted by molar-refractivity contribution is -0.113. The zero-order chi connectivity index (χ0) is 20.9. The van der Waals surface area contributed by atoms with Crippen LogP contribution in [0.3, 0.4) is 0 Å². The molecule has 0 atom stereocenters. The lowest BCUT2D eigenvalue weighted by Gasteiger charge is -2.13. The molecule has 4 nitrogen and oxygen atoms in total. The van der Waals surface area contributed by atoms with Gasteiger partial charge in [-0.2, -0.15) is 0 Å². The molecule has 0 fully saturated rings. The Morgan fingerprint density at radius 2 is 1.70 bits per heavy atom. The Bertz CT molecular complexity index is 1140. The van der Waals surface area contributed by atoms with Gasteiger partial charge in [-0.1, -0.05) is 75.7 Å². The quantitative estimate of drug-likeness (QED) is 0.329. The largest absolute Gasteiger partial charge is 0.325 e. The number of nitrogens with one attached hydrogen (secondary N) is 1. The summed E-state index contributed by atoms with van der Waals surface area (Å²) >= 11 is 4.91. The number of carbonyl (C=O) groups is 1. The summed E-state index contributed by atoms with van der Waals surface area (Å²) < 4.78 is 3.13. The van der Waals surface area contributed by atoms with E-state index in [0.717, 1.165) is 32.3 Å². The topological polar surface area (TPSA) is 46.9 Å². The lowest BCUT2D eigenvalue weighted by Crippen LogP contribution is -2.14. The molecule has 4 aromatic rings. The molecule has 4 rings (SSSR count). The van der Waals surface area contributed by atoms with E-state index in [4.69, 9.17) is 0 Å². The van der Waals surface area contributed by atoms with E-state index in [1.165, 1.54) is 17.3 Å². The minimum atomic E-state index is -0.0603. The molecule has 30 heavy (non-hydrogen) atoms. The molecule has 1 amide bonds.